The molecule has 96 valence electrons. The average molecular weight is 244 g/mol. The van der Waals surface area contributed by atoms with Crippen LogP contribution in [0.25, 0.3) is 5.65 Å². The van der Waals surface area contributed by atoms with Crippen molar-refractivity contribution in [3.63, 3.8) is 0 Å². The molecule has 3 heterocycles. The van der Waals surface area contributed by atoms with Crippen LogP contribution in [0, 0.1) is 6.92 Å². The number of hydrogen-bond donors (Lipinski definition) is 1. The van der Waals surface area contributed by atoms with Crippen LogP contribution in [0.5, 0.6) is 0 Å². The van der Waals surface area contributed by atoms with Gasteiger partial charge < -0.3 is 9.72 Å². The van der Waals surface area contributed by atoms with Gasteiger partial charge >= 0.3 is 0 Å². The van der Waals surface area contributed by atoms with E-state index < -0.39 is 0 Å². The van der Waals surface area contributed by atoms with E-state index in [1.165, 1.54) is 18.7 Å². The molecule has 18 heavy (non-hydrogen) atoms. The molecule has 4 heteroatoms. The third kappa shape index (κ3) is 2.26. The lowest BCUT2D eigenvalue weighted by Gasteiger charge is -2.19. The highest BCUT2D eigenvalue weighted by molar-refractivity contribution is 5.42. The van der Waals surface area contributed by atoms with Gasteiger partial charge in [0.2, 0.25) is 0 Å². The highest BCUT2D eigenvalue weighted by Gasteiger charge is 2.14. The Morgan fingerprint density at radius 3 is 3.17 bits per heavy atom. The van der Waals surface area contributed by atoms with Crippen molar-refractivity contribution in [2.45, 2.75) is 19.9 Å². The van der Waals surface area contributed by atoms with E-state index in [1.807, 2.05) is 6.07 Å². The molecule has 4 nitrogen and oxygen atoms in total. The molecule has 0 amide bonds. The number of nitrogens with zero attached hydrogens (tertiary/aromatic N) is 3. The van der Waals surface area contributed by atoms with E-state index in [0.29, 0.717) is 0 Å². The summed E-state index contributed by atoms with van der Waals surface area (Å²) in [4.78, 5) is 7.14. The third-order valence-electron chi connectivity index (χ3n) is 3.64. The second kappa shape index (κ2) is 5.08. The number of aryl methyl sites for hydroxylation is 1. The van der Waals surface area contributed by atoms with Crippen molar-refractivity contribution in [2.24, 2.45) is 0 Å². The van der Waals surface area contributed by atoms with Crippen LogP contribution in [-0.4, -0.2) is 40.5 Å². The zero-order valence-electron chi connectivity index (χ0n) is 10.9. The van der Waals surface area contributed by atoms with Gasteiger partial charge in [-0.3, -0.25) is 4.90 Å². The number of imidazole rings is 1. The summed E-state index contributed by atoms with van der Waals surface area (Å²) in [5.74, 6) is 0. The molecule has 1 saturated heterocycles. The lowest BCUT2D eigenvalue weighted by Crippen LogP contribution is -2.28. The molecule has 0 atom stereocenters. The van der Waals surface area contributed by atoms with Gasteiger partial charge in [-0.1, -0.05) is 6.07 Å². The summed E-state index contributed by atoms with van der Waals surface area (Å²) in [5.41, 5.74) is 3.53. The summed E-state index contributed by atoms with van der Waals surface area (Å²) in [5, 5.41) is 3.44. The molecule has 2 aromatic heterocycles. The van der Waals surface area contributed by atoms with Crippen molar-refractivity contribution in [3.05, 3.63) is 35.8 Å². The molecule has 2 aromatic rings. The first kappa shape index (κ1) is 11.7. The fraction of sp³-hybridized carbons (Fsp3) is 0.500. The van der Waals surface area contributed by atoms with Crippen LogP contribution < -0.4 is 5.32 Å². The Morgan fingerprint density at radius 2 is 2.22 bits per heavy atom. The maximum Gasteiger partial charge on any atom is 0.137 e. The first-order chi connectivity index (χ1) is 8.84. The third-order valence-corrected chi connectivity index (χ3v) is 3.64. The highest BCUT2D eigenvalue weighted by Crippen LogP contribution is 2.14. The number of pyridine rings is 1. The van der Waals surface area contributed by atoms with E-state index in [9.17, 15) is 0 Å². The molecule has 0 bridgehead atoms. The van der Waals surface area contributed by atoms with E-state index in [-0.39, 0.29) is 0 Å². The SMILES string of the molecule is Cc1nc2ccccn2c1CN1CCCNCC1. The smallest absolute Gasteiger partial charge is 0.137 e. The molecule has 1 aliphatic rings. The Labute approximate surface area is 108 Å². The lowest BCUT2D eigenvalue weighted by molar-refractivity contribution is 0.279. The summed E-state index contributed by atoms with van der Waals surface area (Å²) >= 11 is 0. The standard InChI is InChI=1S/C14H20N4/c1-12-13(11-17-8-4-6-15-7-10-17)18-9-3-2-5-14(18)16-12/h2-3,5,9,15H,4,6-8,10-11H2,1H3. The van der Waals surface area contributed by atoms with Gasteiger partial charge in [0.15, 0.2) is 0 Å². The van der Waals surface area contributed by atoms with Gasteiger partial charge in [0.1, 0.15) is 5.65 Å². The summed E-state index contributed by atoms with van der Waals surface area (Å²) in [6, 6.07) is 6.18. The van der Waals surface area contributed by atoms with Gasteiger partial charge in [-0.05, 0) is 38.6 Å². The Kier molecular flexibility index (Phi) is 3.30. The fourth-order valence-electron chi connectivity index (χ4n) is 2.63. The van der Waals surface area contributed by atoms with Crippen LogP contribution >= 0.6 is 0 Å². The highest BCUT2D eigenvalue weighted by atomic mass is 15.2. The Hall–Kier alpha value is -1.39. The van der Waals surface area contributed by atoms with Crippen molar-refractivity contribution in [2.75, 3.05) is 26.2 Å². The maximum absolute atomic E-state index is 4.62. The quantitative estimate of drug-likeness (QED) is 0.867. The fourth-order valence-corrected chi connectivity index (χ4v) is 2.63. The van der Waals surface area contributed by atoms with Crippen LogP contribution in [0.2, 0.25) is 0 Å². The molecule has 0 aromatic carbocycles. The molecule has 0 spiro atoms. The van der Waals surface area contributed by atoms with E-state index >= 15 is 0 Å². The van der Waals surface area contributed by atoms with Crippen molar-refractivity contribution in [1.29, 1.82) is 0 Å². The molecule has 0 radical (unpaired) electrons. The molecule has 1 aliphatic heterocycles. The first-order valence-corrected chi connectivity index (χ1v) is 6.70. The number of nitrogens with one attached hydrogen (secondary N) is 1. The Balaban J connectivity index is 1.87. The van der Waals surface area contributed by atoms with Gasteiger partial charge in [-0.15, -0.1) is 0 Å². The van der Waals surface area contributed by atoms with Gasteiger partial charge in [0.05, 0.1) is 11.4 Å². The number of aromatic nitrogens is 2. The maximum atomic E-state index is 4.62. The Bertz CT molecular complexity index is 524. The van der Waals surface area contributed by atoms with E-state index in [1.54, 1.807) is 0 Å². The summed E-state index contributed by atoms with van der Waals surface area (Å²) < 4.78 is 2.22. The van der Waals surface area contributed by atoms with Crippen LogP contribution in [0.1, 0.15) is 17.8 Å². The van der Waals surface area contributed by atoms with E-state index in [2.05, 4.69) is 44.9 Å². The van der Waals surface area contributed by atoms with Crippen LogP contribution in [-0.2, 0) is 6.54 Å². The molecular formula is C14H20N4. The van der Waals surface area contributed by atoms with Crippen molar-refractivity contribution in [3.8, 4) is 0 Å². The average Bonchev–Trinajstić information content (AvgIpc) is 2.57. The summed E-state index contributed by atoms with van der Waals surface area (Å²) in [6.45, 7) is 7.64. The molecule has 0 unspecified atom stereocenters. The molecule has 0 aliphatic carbocycles. The monoisotopic (exact) mass is 244 g/mol. The first-order valence-electron chi connectivity index (χ1n) is 6.70. The Morgan fingerprint density at radius 1 is 1.28 bits per heavy atom. The van der Waals surface area contributed by atoms with E-state index in [0.717, 1.165) is 37.5 Å². The molecule has 1 fully saturated rings. The van der Waals surface area contributed by atoms with Crippen molar-refractivity contribution < 1.29 is 0 Å². The van der Waals surface area contributed by atoms with E-state index in [4.69, 9.17) is 0 Å². The van der Waals surface area contributed by atoms with Gasteiger partial charge in [-0.25, -0.2) is 4.98 Å². The molecule has 1 N–H and O–H groups in total. The van der Waals surface area contributed by atoms with Gasteiger partial charge in [-0.2, -0.15) is 0 Å². The minimum Gasteiger partial charge on any atom is -0.315 e. The largest absolute Gasteiger partial charge is 0.315 e. The minimum absolute atomic E-state index is 0.999. The van der Waals surface area contributed by atoms with Crippen LogP contribution in [0.15, 0.2) is 24.4 Å². The second-order valence-corrected chi connectivity index (χ2v) is 4.95. The molecule has 0 saturated carbocycles. The molecular weight excluding hydrogens is 224 g/mol. The summed E-state index contributed by atoms with van der Waals surface area (Å²) in [6.07, 6.45) is 3.34. The van der Waals surface area contributed by atoms with Gasteiger partial charge in [0.25, 0.3) is 0 Å². The van der Waals surface area contributed by atoms with Crippen LogP contribution in [0.4, 0.5) is 0 Å². The normalized spacial score (nSPS) is 18.1. The zero-order valence-corrected chi connectivity index (χ0v) is 10.9. The summed E-state index contributed by atoms with van der Waals surface area (Å²) in [7, 11) is 0. The lowest BCUT2D eigenvalue weighted by atomic mass is 10.3. The van der Waals surface area contributed by atoms with Gasteiger partial charge in [0, 0.05) is 25.8 Å². The minimum atomic E-state index is 0.999. The number of fused-ring (bicyclic) bond motifs is 1. The van der Waals surface area contributed by atoms with Crippen molar-refractivity contribution in [1.82, 2.24) is 19.6 Å². The number of hydrogen-bond acceptors (Lipinski definition) is 3. The number of rotatable bonds is 2. The van der Waals surface area contributed by atoms with Crippen molar-refractivity contribution >= 4 is 5.65 Å². The topological polar surface area (TPSA) is 32.6 Å². The van der Waals surface area contributed by atoms with Crippen LogP contribution in [0.3, 0.4) is 0 Å². The zero-order chi connectivity index (χ0) is 12.4. The molecule has 3 rings (SSSR count). The predicted octanol–water partition coefficient (Wildman–Crippen LogP) is 1.44. The second-order valence-electron chi connectivity index (χ2n) is 4.95. The predicted molar refractivity (Wildman–Crippen MR) is 72.7 cm³/mol.